The molecule has 0 radical (unpaired) electrons. The monoisotopic (exact) mass is 159 g/mol. The second kappa shape index (κ2) is 2.67. The Morgan fingerprint density at radius 3 is 2.92 bits per heavy atom. The lowest BCUT2D eigenvalue weighted by Crippen LogP contribution is -1.85. The van der Waals surface area contributed by atoms with Crippen molar-refractivity contribution in [3.63, 3.8) is 0 Å². The fraction of sp³-hybridized carbons (Fsp3) is 0.273. The van der Waals surface area contributed by atoms with Gasteiger partial charge in [-0.3, -0.25) is 0 Å². The molecule has 0 atom stereocenters. The third-order valence-corrected chi connectivity index (χ3v) is 2.39. The number of H-pyrrole nitrogens is 1. The highest BCUT2D eigenvalue weighted by Crippen LogP contribution is 2.18. The summed E-state index contributed by atoms with van der Waals surface area (Å²) >= 11 is 0. The predicted molar refractivity (Wildman–Crippen MR) is 52.4 cm³/mol. The van der Waals surface area contributed by atoms with Gasteiger partial charge in [0.05, 0.1) is 0 Å². The molecule has 1 heteroatoms. The molecule has 0 saturated carbocycles. The van der Waals surface area contributed by atoms with Crippen molar-refractivity contribution in [1.82, 2.24) is 4.98 Å². The molecule has 2 aromatic rings. The second-order valence-electron chi connectivity index (χ2n) is 3.20. The van der Waals surface area contributed by atoms with E-state index in [9.17, 15) is 0 Å². The Bertz CT molecular complexity index is 398. The molecule has 2 rings (SSSR count). The number of hydrogen-bond donors (Lipinski definition) is 1. The van der Waals surface area contributed by atoms with Gasteiger partial charge in [-0.15, -0.1) is 0 Å². The normalized spacial score (nSPS) is 10.8. The van der Waals surface area contributed by atoms with Gasteiger partial charge in [0.2, 0.25) is 0 Å². The van der Waals surface area contributed by atoms with Gasteiger partial charge in [-0.25, -0.2) is 0 Å². The van der Waals surface area contributed by atoms with Crippen molar-refractivity contribution in [2.45, 2.75) is 20.3 Å². The number of fused-ring (bicyclic) bond motifs is 1. The Labute approximate surface area is 72.4 Å². The number of benzene rings is 1. The number of rotatable bonds is 1. The molecule has 0 amide bonds. The minimum Gasteiger partial charge on any atom is -0.361 e. The van der Waals surface area contributed by atoms with Crippen LogP contribution in [0.25, 0.3) is 10.9 Å². The minimum atomic E-state index is 1.12. The Morgan fingerprint density at radius 2 is 2.17 bits per heavy atom. The van der Waals surface area contributed by atoms with Gasteiger partial charge >= 0.3 is 0 Å². The number of aryl methyl sites for hydroxylation is 2. The zero-order chi connectivity index (χ0) is 8.55. The Balaban J connectivity index is 2.73. The summed E-state index contributed by atoms with van der Waals surface area (Å²) in [4.78, 5) is 3.21. The molecule has 0 aliphatic carbocycles. The van der Waals surface area contributed by atoms with Crippen LogP contribution in [0, 0.1) is 6.92 Å². The summed E-state index contributed by atoms with van der Waals surface area (Å²) in [6.07, 6.45) is 3.11. The van der Waals surface area contributed by atoms with Gasteiger partial charge in [0.25, 0.3) is 0 Å². The summed E-state index contributed by atoms with van der Waals surface area (Å²) in [5, 5.41) is 1.32. The van der Waals surface area contributed by atoms with Crippen LogP contribution in [0.1, 0.15) is 18.1 Å². The van der Waals surface area contributed by atoms with E-state index in [4.69, 9.17) is 0 Å². The molecule has 1 nitrogen and oxygen atoms in total. The zero-order valence-corrected chi connectivity index (χ0v) is 7.52. The topological polar surface area (TPSA) is 15.8 Å². The number of aromatic nitrogens is 1. The van der Waals surface area contributed by atoms with Crippen molar-refractivity contribution in [2.24, 2.45) is 0 Å². The van der Waals surface area contributed by atoms with Crippen LogP contribution < -0.4 is 0 Å². The first-order chi connectivity index (χ1) is 5.81. The Hall–Kier alpha value is -1.24. The summed E-state index contributed by atoms with van der Waals surface area (Å²) in [5.74, 6) is 0. The summed E-state index contributed by atoms with van der Waals surface area (Å²) in [5.41, 5.74) is 4.07. The highest BCUT2D eigenvalue weighted by molar-refractivity contribution is 5.80. The summed E-state index contributed by atoms with van der Waals surface area (Å²) in [6, 6.07) is 6.60. The van der Waals surface area contributed by atoms with Gasteiger partial charge in [-0.05, 0) is 48.1 Å². The van der Waals surface area contributed by atoms with E-state index in [0.29, 0.717) is 0 Å². The van der Waals surface area contributed by atoms with Gasteiger partial charge in [0.15, 0.2) is 0 Å². The average molecular weight is 159 g/mol. The molecule has 0 unspecified atom stereocenters. The van der Waals surface area contributed by atoms with E-state index in [-0.39, 0.29) is 0 Å². The van der Waals surface area contributed by atoms with Crippen LogP contribution in [-0.2, 0) is 6.42 Å². The van der Waals surface area contributed by atoms with Crippen molar-refractivity contribution >= 4 is 10.9 Å². The minimum absolute atomic E-state index is 1.12. The molecular formula is C11H13N. The third kappa shape index (κ3) is 1.02. The molecule has 1 N–H and O–H groups in total. The highest BCUT2D eigenvalue weighted by Gasteiger charge is 1.99. The molecule has 1 aromatic carbocycles. The Kier molecular flexibility index (Phi) is 1.65. The molecule has 0 aliphatic rings. The number of aromatic amines is 1. The first kappa shape index (κ1) is 7.41. The predicted octanol–water partition coefficient (Wildman–Crippen LogP) is 3.04. The van der Waals surface area contributed by atoms with E-state index in [2.05, 4.69) is 37.0 Å². The van der Waals surface area contributed by atoms with Crippen molar-refractivity contribution in [3.05, 3.63) is 35.5 Å². The van der Waals surface area contributed by atoms with E-state index in [1.165, 1.54) is 22.0 Å². The van der Waals surface area contributed by atoms with Crippen molar-refractivity contribution in [3.8, 4) is 0 Å². The maximum atomic E-state index is 3.21. The molecule has 0 aliphatic heterocycles. The van der Waals surface area contributed by atoms with Crippen molar-refractivity contribution in [1.29, 1.82) is 0 Å². The highest BCUT2D eigenvalue weighted by atomic mass is 14.7. The van der Waals surface area contributed by atoms with E-state index in [1.807, 2.05) is 6.20 Å². The van der Waals surface area contributed by atoms with E-state index in [0.717, 1.165) is 6.42 Å². The maximum absolute atomic E-state index is 3.21. The lowest BCUT2D eigenvalue weighted by atomic mass is 10.0. The molecule has 12 heavy (non-hydrogen) atoms. The summed E-state index contributed by atoms with van der Waals surface area (Å²) < 4.78 is 0. The lowest BCUT2D eigenvalue weighted by Gasteiger charge is -2.02. The smallest absolute Gasteiger partial charge is 0.0456 e. The van der Waals surface area contributed by atoms with Gasteiger partial charge in [-0.2, -0.15) is 0 Å². The molecule has 0 saturated heterocycles. The zero-order valence-electron chi connectivity index (χ0n) is 7.52. The average Bonchev–Trinajstić information content (AvgIpc) is 2.49. The van der Waals surface area contributed by atoms with E-state index in [1.54, 1.807) is 0 Å². The lowest BCUT2D eigenvalue weighted by molar-refractivity contribution is 1.12. The van der Waals surface area contributed by atoms with Gasteiger partial charge in [-0.1, -0.05) is 6.92 Å². The quantitative estimate of drug-likeness (QED) is 0.658. The molecule has 0 bridgehead atoms. The molecule has 1 aromatic heterocycles. The van der Waals surface area contributed by atoms with Gasteiger partial charge < -0.3 is 4.98 Å². The van der Waals surface area contributed by atoms with E-state index < -0.39 is 0 Å². The maximum Gasteiger partial charge on any atom is 0.0456 e. The Morgan fingerprint density at radius 1 is 1.33 bits per heavy atom. The van der Waals surface area contributed by atoms with Crippen LogP contribution in [0.2, 0.25) is 0 Å². The van der Waals surface area contributed by atoms with Gasteiger partial charge in [0.1, 0.15) is 0 Å². The van der Waals surface area contributed by atoms with Crippen molar-refractivity contribution in [2.75, 3.05) is 0 Å². The number of nitrogens with one attached hydrogen (secondary N) is 1. The second-order valence-corrected chi connectivity index (χ2v) is 3.20. The fourth-order valence-electron chi connectivity index (χ4n) is 1.64. The molecule has 1 heterocycles. The fourth-order valence-corrected chi connectivity index (χ4v) is 1.64. The van der Waals surface area contributed by atoms with E-state index >= 15 is 0 Å². The first-order valence-corrected chi connectivity index (χ1v) is 4.38. The van der Waals surface area contributed by atoms with Crippen LogP contribution >= 0.6 is 0 Å². The van der Waals surface area contributed by atoms with Crippen LogP contribution in [-0.4, -0.2) is 4.98 Å². The molecule has 0 fully saturated rings. The molecular weight excluding hydrogens is 146 g/mol. The third-order valence-electron chi connectivity index (χ3n) is 2.39. The summed E-state index contributed by atoms with van der Waals surface area (Å²) in [6.45, 7) is 4.36. The van der Waals surface area contributed by atoms with Crippen LogP contribution in [0.3, 0.4) is 0 Å². The molecule has 0 spiro atoms. The molecule has 62 valence electrons. The SMILES string of the molecule is CCc1cc2cc[nH]c2cc1C. The van der Waals surface area contributed by atoms with Crippen LogP contribution in [0.15, 0.2) is 24.4 Å². The van der Waals surface area contributed by atoms with Crippen LogP contribution in [0.5, 0.6) is 0 Å². The number of hydrogen-bond acceptors (Lipinski definition) is 0. The van der Waals surface area contributed by atoms with Gasteiger partial charge in [0, 0.05) is 11.7 Å². The van der Waals surface area contributed by atoms with Crippen molar-refractivity contribution < 1.29 is 0 Å². The summed E-state index contributed by atoms with van der Waals surface area (Å²) in [7, 11) is 0. The first-order valence-electron chi connectivity index (χ1n) is 4.38. The van der Waals surface area contributed by atoms with Crippen LogP contribution in [0.4, 0.5) is 0 Å². The standard InChI is InChI=1S/C11H13N/c1-3-9-7-10-4-5-12-11(10)6-8(9)2/h4-7,12H,3H2,1-2H3. The largest absolute Gasteiger partial charge is 0.361 e.